The van der Waals surface area contributed by atoms with Crippen LogP contribution in [-0.4, -0.2) is 22.7 Å². The highest BCUT2D eigenvalue weighted by Gasteiger charge is 2.36. The minimum absolute atomic E-state index is 0.0309. The van der Waals surface area contributed by atoms with Gasteiger partial charge in [-0.25, -0.2) is 4.98 Å². The number of nitrogens with one attached hydrogen (secondary N) is 1. The lowest BCUT2D eigenvalue weighted by Gasteiger charge is -2.41. The smallest absolute Gasteiger partial charge is 0.191 e. The van der Waals surface area contributed by atoms with Crippen molar-refractivity contribution in [3.8, 4) is 0 Å². The van der Waals surface area contributed by atoms with Crippen LogP contribution < -0.4 is 5.32 Å². The van der Waals surface area contributed by atoms with Crippen LogP contribution in [0.4, 0.5) is 0 Å². The number of hydrogen-bond donors (Lipinski definition) is 1. The topological polar surface area (TPSA) is 47.3 Å². The molecule has 2 aliphatic carbocycles. The Morgan fingerprint density at radius 3 is 2.75 bits per heavy atom. The van der Waals surface area contributed by atoms with Crippen LogP contribution in [0.5, 0.6) is 0 Å². The summed E-state index contributed by atoms with van der Waals surface area (Å²) in [5.41, 5.74) is 1.12. The predicted molar refractivity (Wildman–Crippen MR) is 77.7 cm³/mol. The molecule has 2 aliphatic rings. The number of oxazole rings is 1. The maximum absolute atomic E-state index is 5.99. The first-order chi connectivity index (χ1) is 9.40. The first-order valence-corrected chi connectivity index (χ1v) is 7.81. The summed E-state index contributed by atoms with van der Waals surface area (Å²) < 4.78 is 11.7. The average molecular weight is 278 g/mol. The molecule has 1 saturated carbocycles. The maximum atomic E-state index is 5.99. The average Bonchev–Trinajstić information content (AvgIpc) is 2.65. The molecule has 1 aromatic heterocycles. The molecule has 1 fully saturated rings. The largest absolute Gasteiger partial charge is 0.446 e. The van der Waals surface area contributed by atoms with Crippen LogP contribution >= 0.6 is 0 Å². The highest BCUT2D eigenvalue weighted by atomic mass is 16.5. The summed E-state index contributed by atoms with van der Waals surface area (Å²) in [5.74, 6) is 1.89. The summed E-state index contributed by atoms with van der Waals surface area (Å²) in [7, 11) is 0. The van der Waals surface area contributed by atoms with Gasteiger partial charge < -0.3 is 14.5 Å². The summed E-state index contributed by atoms with van der Waals surface area (Å²) >= 11 is 0. The van der Waals surface area contributed by atoms with Gasteiger partial charge in [0.1, 0.15) is 5.76 Å². The molecule has 20 heavy (non-hydrogen) atoms. The highest BCUT2D eigenvalue weighted by Crippen LogP contribution is 2.34. The Balaban J connectivity index is 1.54. The number of hydrogen-bond acceptors (Lipinski definition) is 4. The standard InChI is InChI=1S/C16H26N2O2/c1-10-17-15-13(6-5-7-14(15)19-10)18-11-8-12(9-11)20-16(2,3)4/h11-13,18H,5-9H2,1-4H3. The van der Waals surface area contributed by atoms with Gasteiger partial charge in [0.25, 0.3) is 0 Å². The van der Waals surface area contributed by atoms with Crippen molar-refractivity contribution < 1.29 is 9.15 Å². The van der Waals surface area contributed by atoms with Crippen LogP contribution in [0.3, 0.4) is 0 Å². The normalized spacial score (nSPS) is 29.9. The van der Waals surface area contributed by atoms with Crippen LogP contribution in [-0.2, 0) is 11.2 Å². The van der Waals surface area contributed by atoms with Gasteiger partial charge in [-0.05, 0) is 46.5 Å². The number of fused-ring (bicyclic) bond motifs is 1. The predicted octanol–water partition coefficient (Wildman–Crippen LogP) is 3.30. The van der Waals surface area contributed by atoms with Crippen molar-refractivity contribution in [1.82, 2.24) is 10.3 Å². The van der Waals surface area contributed by atoms with E-state index in [4.69, 9.17) is 9.15 Å². The van der Waals surface area contributed by atoms with Gasteiger partial charge in [0, 0.05) is 19.4 Å². The van der Waals surface area contributed by atoms with Gasteiger partial charge in [-0.15, -0.1) is 0 Å². The van der Waals surface area contributed by atoms with Gasteiger partial charge in [0.05, 0.1) is 23.4 Å². The van der Waals surface area contributed by atoms with Gasteiger partial charge in [-0.1, -0.05) is 0 Å². The van der Waals surface area contributed by atoms with Gasteiger partial charge in [0.15, 0.2) is 5.89 Å². The number of ether oxygens (including phenoxy) is 1. The molecule has 4 nitrogen and oxygen atoms in total. The van der Waals surface area contributed by atoms with Gasteiger partial charge >= 0.3 is 0 Å². The van der Waals surface area contributed by atoms with E-state index in [1.54, 1.807) is 0 Å². The molecule has 0 aliphatic heterocycles. The molecule has 0 saturated heterocycles. The second kappa shape index (κ2) is 5.15. The molecule has 3 rings (SSSR count). The summed E-state index contributed by atoms with van der Waals surface area (Å²) in [4.78, 5) is 4.56. The second-order valence-electron chi connectivity index (χ2n) is 7.17. The molecule has 1 heterocycles. The van der Waals surface area contributed by atoms with E-state index in [9.17, 15) is 0 Å². The summed E-state index contributed by atoms with van der Waals surface area (Å²) in [5, 5.41) is 3.74. The molecule has 1 aromatic rings. The van der Waals surface area contributed by atoms with Crippen LogP contribution in [0.2, 0.25) is 0 Å². The van der Waals surface area contributed by atoms with E-state index in [0.717, 1.165) is 36.6 Å². The quantitative estimate of drug-likeness (QED) is 0.921. The van der Waals surface area contributed by atoms with E-state index in [1.165, 1.54) is 12.8 Å². The third kappa shape index (κ3) is 3.07. The summed E-state index contributed by atoms with van der Waals surface area (Å²) in [6.45, 7) is 8.31. The second-order valence-corrected chi connectivity index (χ2v) is 7.17. The number of aryl methyl sites for hydroxylation is 2. The van der Waals surface area contributed by atoms with Crippen molar-refractivity contribution in [3.05, 3.63) is 17.3 Å². The molecule has 0 radical (unpaired) electrons. The number of rotatable bonds is 3. The fourth-order valence-corrected chi connectivity index (χ4v) is 3.28. The molecule has 0 bridgehead atoms. The Labute approximate surface area is 121 Å². The van der Waals surface area contributed by atoms with Gasteiger partial charge in [0.2, 0.25) is 0 Å². The summed E-state index contributed by atoms with van der Waals surface area (Å²) in [6.07, 6.45) is 6.03. The lowest BCUT2D eigenvalue weighted by molar-refractivity contribution is -0.103. The molecule has 112 valence electrons. The molecular weight excluding hydrogens is 252 g/mol. The number of nitrogens with zero attached hydrogens (tertiary/aromatic N) is 1. The molecule has 4 heteroatoms. The van der Waals surface area contributed by atoms with E-state index >= 15 is 0 Å². The molecule has 0 aromatic carbocycles. The zero-order valence-corrected chi connectivity index (χ0v) is 13.0. The van der Waals surface area contributed by atoms with Crippen LogP contribution in [0, 0.1) is 6.92 Å². The van der Waals surface area contributed by atoms with Gasteiger partial charge in [-0.2, -0.15) is 0 Å². The van der Waals surface area contributed by atoms with Crippen LogP contribution in [0.1, 0.15) is 69.8 Å². The lowest BCUT2D eigenvalue weighted by Crippen LogP contribution is -2.49. The Morgan fingerprint density at radius 1 is 1.30 bits per heavy atom. The van der Waals surface area contributed by atoms with Crippen molar-refractivity contribution in [2.24, 2.45) is 0 Å². The fourth-order valence-electron chi connectivity index (χ4n) is 3.28. The van der Waals surface area contributed by atoms with E-state index in [0.29, 0.717) is 18.2 Å². The Hall–Kier alpha value is -0.870. The number of aromatic nitrogens is 1. The lowest BCUT2D eigenvalue weighted by atomic mass is 9.86. The molecule has 1 N–H and O–H groups in total. The van der Waals surface area contributed by atoms with Gasteiger partial charge in [-0.3, -0.25) is 0 Å². The van der Waals surface area contributed by atoms with Crippen molar-refractivity contribution >= 4 is 0 Å². The zero-order valence-electron chi connectivity index (χ0n) is 13.0. The molecular formula is C16H26N2O2. The van der Waals surface area contributed by atoms with Crippen molar-refractivity contribution in [2.45, 2.75) is 83.6 Å². The van der Waals surface area contributed by atoms with Crippen LogP contribution in [0.15, 0.2) is 4.42 Å². The Morgan fingerprint density at radius 2 is 2.05 bits per heavy atom. The zero-order chi connectivity index (χ0) is 14.3. The van der Waals surface area contributed by atoms with E-state index in [1.807, 2.05) is 6.92 Å². The fraction of sp³-hybridized carbons (Fsp3) is 0.812. The SMILES string of the molecule is Cc1nc2c(o1)CCCC2NC1CC(OC(C)(C)C)C1. The van der Waals surface area contributed by atoms with E-state index in [-0.39, 0.29) is 5.60 Å². The highest BCUT2D eigenvalue weighted by molar-refractivity contribution is 5.18. The van der Waals surface area contributed by atoms with E-state index in [2.05, 4.69) is 31.1 Å². The van der Waals surface area contributed by atoms with Crippen molar-refractivity contribution in [3.63, 3.8) is 0 Å². The molecule has 0 spiro atoms. The minimum Gasteiger partial charge on any atom is -0.446 e. The Kier molecular flexibility index (Phi) is 3.63. The third-order valence-corrected chi connectivity index (χ3v) is 4.11. The van der Waals surface area contributed by atoms with Crippen molar-refractivity contribution in [2.75, 3.05) is 0 Å². The molecule has 1 atom stereocenters. The molecule has 1 unspecified atom stereocenters. The third-order valence-electron chi connectivity index (χ3n) is 4.11. The van der Waals surface area contributed by atoms with Crippen LogP contribution in [0.25, 0.3) is 0 Å². The monoisotopic (exact) mass is 278 g/mol. The van der Waals surface area contributed by atoms with E-state index < -0.39 is 0 Å². The summed E-state index contributed by atoms with van der Waals surface area (Å²) in [6, 6.07) is 0.937. The first-order valence-electron chi connectivity index (χ1n) is 7.81. The minimum atomic E-state index is -0.0309. The van der Waals surface area contributed by atoms with Crippen molar-refractivity contribution in [1.29, 1.82) is 0 Å². The maximum Gasteiger partial charge on any atom is 0.191 e. The first kappa shape index (κ1) is 14.1. The molecule has 0 amide bonds. The Bertz CT molecular complexity index is 469.